The molecule has 1 aromatic heterocycles. The molecule has 1 fully saturated rings. The Hall–Kier alpha value is -1.68. The van der Waals surface area contributed by atoms with Gasteiger partial charge in [0.15, 0.2) is 5.96 Å². The highest BCUT2D eigenvalue weighted by atomic mass is 127. The van der Waals surface area contributed by atoms with Crippen molar-refractivity contribution >= 4 is 29.9 Å². The molecule has 3 rings (SSSR count). The second kappa shape index (κ2) is 12.0. The Bertz CT molecular complexity index is 893. The molecule has 1 saturated heterocycles. The Kier molecular flexibility index (Phi) is 9.94. The van der Waals surface area contributed by atoms with Crippen molar-refractivity contribution < 1.29 is 9.13 Å². The van der Waals surface area contributed by atoms with E-state index >= 15 is 0 Å². The van der Waals surface area contributed by atoms with Crippen molar-refractivity contribution in [2.75, 3.05) is 19.7 Å². The van der Waals surface area contributed by atoms with Crippen molar-refractivity contribution in [2.24, 2.45) is 16.3 Å². The summed E-state index contributed by atoms with van der Waals surface area (Å²) >= 11 is 0. The lowest BCUT2D eigenvalue weighted by atomic mass is 9.78. The van der Waals surface area contributed by atoms with Crippen LogP contribution in [0.2, 0.25) is 0 Å². The molecule has 2 aromatic rings. The summed E-state index contributed by atoms with van der Waals surface area (Å²) < 4.78 is 22.5. The van der Waals surface area contributed by atoms with Crippen LogP contribution in [0.15, 0.2) is 35.6 Å². The molecule has 1 aliphatic heterocycles. The lowest BCUT2D eigenvalue weighted by Crippen LogP contribution is -2.47. The van der Waals surface area contributed by atoms with E-state index in [0.29, 0.717) is 18.2 Å². The maximum atomic E-state index is 14.7. The van der Waals surface area contributed by atoms with Gasteiger partial charge in [-0.3, -0.25) is 0 Å². The van der Waals surface area contributed by atoms with Gasteiger partial charge in [-0.1, -0.05) is 26.8 Å². The summed E-state index contributed by atoms with van der Waals surface area (Å²) in [6, 6.07) is 5.24. The average Bonchev–Trinajstić information content (AvgIpc) is 3.15. The van der Waals surface area contributed by atoms with Gasteiger partial charge in [-0.15, -0.1) is 24.0 Å². The molecular formula is C24H37FIN5O. The molecule has 8 heteroatoms. The third-order valence-corrected chi connectivity index (χ3v) is 5.69. The first-order chi connectivity index (χ1) is 14.8. The Morgan fingerprint density at radius 1 is 1.31 bits per heavy atom. The highest BCUT2D eigenvalue weighted by Crippen LogP contribution is 2.33. The van der Waals surface area contributed by atoms with Crippen LogP contribution in [0, 0.1) is 24.1 Å². The highest BCUT2D eigenvalue weighted by molar-refractivity contribution is 14.0. The Balaban J connectivity index is 0.00000363. The van der Waals surface area contributed by atoms with Gasteiger partial charge in [-0.2, -0.15) is 0 Å². The molecule has 2 unspecified atom stereocenters. The summed E-state index contributed by atoms with van der Waals surface area (Å²) in [7, 11) is 0. The first-order valence-corrected chi connectivity index (χ1v) is 11.2. The molecule has 0 aliphatic carbocycles. The summed E-state index contributed by atoms with van der Waals surface area (Å²) in [5, 5.41) is 6.77. The van der Waals surface area contributed by atoms with Crippen molar-refractivity contribution in [1.82, 2.24) is 20.2 Å². The molecule has 2 atom stereocenters. The topological polar surface area (TPSA) is 63.5 Å². The Morgan fingerprint density at radius 2 is 2.09 bits per heavy atom. The molecule has 32 heavy (non-hydrogen) atoms. The molecule has 2 N–H and O–H groups in total. The van der Waals surface area contributed by atoms with Crippen LogP contribution in [0.4, 0.5) is 4.39 Å². The minimum atomic E-state index is -0.279. The van der Waals surface area contributed by atoms with Gasteiger partial charge >= 0.3 is 0 Å². The van der Waals surface area contributed by atoms with Gasteiger partial charge < -0.3 is 19.9 Å². The zero-order valence-electron chi connectivity index (χ0n) is 19.8. The zero-order valence-corrected chi connectivity index (χ0v) is 22.2. The largest absolute Gasteiger partial charge is 0.377 e. The molecule has 6 nitrogen and oxygen atoms in total. The first-order valence-electron chi connectivity index (χ1n) is 11.2. The molecular weight excluding hydrogens is 520 g/mol. The predicted molar refractivity (Wildman–Crippen MR) is 138 cm³/mol. The SMILES string of the molecule is CCNC(=NCc1ccc(-n2ccnc2C)c(F)c1)NCC1CCCOC1C(C)(C)C.I. The van der Waals surface area contributed by atoms with E-state index in [2.05, 4.69) is 41.4 Å². The number of nitrogens with zero attached hydrogens (tertiary/aromatic N) is 3. The normalized spacial score (nSPS) is 19.4. The van der Waals surface area contributed by atoms with E-state index in [4.69, 9.17) is 4.74 Å². The number of benzene rings is 1. The van der Waals surface area contributed by atoms with Crippen molar-refractivity contribution in [3.63, 3.8) is 0 Å². The fraction of sp³-hybridized carbons (Fsp3) is 0.583. The van der Waals surface area contributed by atoms with Gasteiger partial charge in [-0.25, -0.2) is 14.4 Å². The van der Waals surface area contributed by atoms with Crippen molar-refractivity contribution in [2.45, 2.75) is 60.1 Å². The molecule has 2 heterocycles. The fourth-order valence-corrected chi connectivity index (χ4v) is 4.23. The number of hydrogen-bond donors (Lipinski definition) is 2. The molecule has 178 valence electrons. The molecule has 1 aliphatic rings. The zero-order chi connectivity index (χ0) is 22.4. The van der Waals surface area contributed by atoms with Gasteiger partial charge in [0.05, 0.1) is 18.3 Å². The van der Waals surface area contributed by atoms with E-state index in [1.54, 1.807) is 29.1 Å². The number of ether oxygens (including phenoxy) is 1. The minimum Gasteiger partial charge on any atom is -0.377 e. The number of aryl methyl sites for hydroxylation is 1. The second-order valence-corrected chi connectivity index (χ2v) is 9.27. The molecule has 0 saturated carbocycles. The van der Waals surface area contributed by atoms with E-state index in [1.807, 2.05) is 19.9 Å². The van der Waals surface area contributed by atoms with Crippen molar-refractivity contribution in [3.8, 4) is 5.69 Å². The lowest BCUT2D eigenvalue weighted by molar-refractivity contribution is -0.0835. The number of hydrogen-bond acceptors (Lipinski definition) is 3. The minimum absolute atomic E-state index is 0. The van der Waals surface area contributed by atoms with Crippen LogP contribution in [-0.4, -0.2) is 41.3 Å². The number of halogens is 2. The monoisotopic (exact) mass is 557 g/mol. The molecule has 1 aromatic carbocycles. The highest BCUT2D eigenvalue weighted by Gasteiger charge is 2.35. The Morgan fingerprint density at radius 3 is 2.72 bits per heavy atom. The number of aromatic nitrogens is 2. The summed E-state index contributed by atoms with van der Waals surface area (Å²) in [4.78, 5) is 8.84. The maximum absolute atomic E-state index is 14.7. The summed E-state index contributed by atoms with van der Waals surface area (Å²) in [6.07, 6.45) is 5.90. The smallest absolute Gasteiger partial charge is 0.191 e. The van der Waals surface area contributed by atoms with E-state index in [0.717, 1.165) is 49.9 Å². The summed E-state index contributed by atoms with van der Waals surface area (Å²) in [6.45, 7) is 13.4. The van der Waals surface area contributed by atoms with Crippen LogP contribution >= 0.6 is 24.0 Å². The van der Waals surface area contributed by atoms with Gasteiger partial charge in [-0.05, 0) is 49.8 Å². The van der Waals surface area contributed by atoms with Crippen molar-refractivity contribution in [3.05, 3.63) is 47.8 Å². The third-order valence-electron chi connectivity index (χ3n) is 5.69. The van der Waals surface area contributed by atoms with Crippen LogP contribution < -0.4 is 10.6 Å². The van der Waals surface area contributed by atoms with Gasteiger partial charge in [0.1, 0.15) is 11.6 Å². The summed E-state index contributed by atoms with van der Waals surface area (Å²) in [5.41, 5.74) is 1.43. The van der Waals surface area contributed by atoms with Crippen LogP contribution in [0.25, 0.3) is 5.69 Å². The maximum Gasteiger partial charge on any atom is 0.191 e. The van der Waals surface area contributed by atoms with E-state index < -0.39 is 0 Å². The van der Waals surface area contributed by atoms with Crippen LogP contribution in [0.1, 0.15) is 51.9 Å². The number of nitrogens with one attached hydrogen (secondary N) is 2. The predicted octanol–water partition coefficient (Wildman–Crippen LogP) is 4.83. The van der Waals surface area contributed by atoms with Gasteiger partial charge in [0, 0.05) is 38.0 Å². The van der Waals surface area contributed by atoms with Crippen molar-refractivity contribution in [1.29, 1.82) is 0 Å². The van der Waals surface area contributed by atoms with Crippen LogP contribution in [0.3, 0.4) is 0 Å². The quantitative estimate of drug-likeness (QED) is 0.304. The number of aliphatic imine (C=N–C) groups is 1. The van der Waals surface area contributed by atoms with Crippen LogP contribution in [-0.2, 0) is 11.3 Å². The molecule has 0 radical (unpaired) electrons. The lowest BCUT2D eigenvalue weighted by Gasteiger charge is -2.40. The molecule has 0 amide bonds. The van der Waals surface area contributed by atoms with Gasteiger partial charge in [0.2, 0.25) is 0 Å². The summed E-state index contributed by atoms with van der Waals surface area (Å²) in [5.74, 6) is 1.66. The second-order valence-electron chi connectivity index (χ2n) is 9.27. The number of guanidine groups is 1. The van der Waals surface area contributed by atoms with E-state index in [-0.39, 0.29) is 41.3 Å². The Labute approximate surface area is 208 Å². The number of rotatable bonds is 6. The van der Waals surface area contributed by atoms with E-state index in [1.165, 1.54) is 0 Å². The molecule has 0 spiro atoms. The van der Waals surface area contributed by atoms with Crippen LogP contribution in [0.5, 0.6) is 0 Å². The third kappa shape index (κ3) is 6.91. The fourth-order valence-electron chi connectivity index (χ4n) is 4.23. The average molecular weight is 557 g/mol. The molecule has 0 bridgehead atoms. The number of imidazole rings is 1. The standard InChI is InChI=1S/C24H36FN5O.HI/c1-6-26-23(29-16-19-8-7-13-31-22(19)24(3,4)5)28-15-18-9-10-21(20(25)14-18)30-12-11-27-17(30)2;/h9-12,14,19,22H,6-8,13,15-16H2,1-5H3,(H2,26,28,29);1H. The van der Waals surface area contributed by atoms with E-state index in [9.17, 15) is 4.39 Å². The van der Waals surface area contributed by atoms with Gasteiger partial charge in [0.25, 0.3) is 0 Å². The first kappa shape index (κ1) is 26.6.